The molecule has 1 heterocycles. The minimum atomic E-state index is -0.197. The zero-order chi connectivity index (χ0) is 21.4. The fourth-order valence-electron chi connectivity index (χ4n) is 3.32. The Morgan fingerprint density at radius 2 is 1.63 bits per heavy atom. The van der Waals surface area contributed by atoms with Crippen LogP contribution in [0.5, 0.6) is 0 Å². The fraction of sp³-hybridized carbons (Fsp3) is 0.130. The molecule has 1 aromatic heterocycles. The predicted molar refractivity (Wildman–Crippen MR) is 123 cm³/mol. The van der Waals surface area contributed by atoms with E-state index in [0.717, 1.165) is 26.4 Å². The molecule has 4 aromatic rings. The Bertz CT molecular complexity index is 1320. The van der Waals surface area contributed by atoms with Crippen molar-refractivity contribution < 1.29 is 4.79 Å². The van der Waals surface area contributed by atoms with Gasteiger partial charge in [0.15, 0.2) is 0 Å². The molecule has 0 radical (unpaired) electrons. The van der Waals surface area contributed by atoms with Gasteiger partial charge in [0.2, 0.25) is 0 Å². The highest BCUT2D eigenvalue weighted by molar-refractivity contribution is 7.99. The lowest BCUT2D eigenvalue weighted by Gasteiger charge is -2.13. The Kier molecular flexibility index (Phi) is 5.45. The first-order chi connectivity index (χ1) is 14.3. The summed E-state index contributed by atoms with van der Waals surface area (Å²) in [5, 5.41) is 3.68. The molecule has 30 heavy (non-hydrogen) atoms. The molecular formula is C23H20ClN3O2S. The monoisotopic (exact) mass is 437 g/mol. The third kappa shape index (κ3) is 3.88. The van der Waals surface area contributed by atoms with E-state index in [9.17, 15) is 9.59 Å². The Morgan fingerprint density at radius 1 is 0.967 bits per heavy atom. The normalized spacial score (nSPS) is 11.1. The number of nitrogens with zero attached hydrogens (tertiary/aromatic N) is 2. The van der Waals surface area contributed by atoms with Gasteiger partial charge in [0.05, 0.1) is 16.7 Å². The van der Waals surface area contributed by atoms with Gasteiger partial charge in [0.1, 0.15) is 0 Å². The number of imidazole rings is 1. The van der Waals surface area contributed by atoms with Crippen molar-refractivity contribution in [2.75, 3.05) is 5.32 Å². The largest absolute Gasteiger partial charge is 0.328 e. The van der Waals surface area contributed by atoms with E-state index >= 15 is 0 Å². The first-order valence-corrected chi connectivity index (χ1v) is 10.5. The lowest BCUT2D eigenvalue weighted by Crippen LogP contribution is -2.19. The summed E-state index contributed by atoms with van der Waals surface area (Å²) in [4.78, 5) is 27.1. The van der Waals surface area contributed by atoms with Crippen LogP contribution in [0.2, 0.25) is 5.02 Å². The van der Waals surface area contributed by atoms with Crippen LogP contribution in [-0.4, -0.2) is 15.0 Å². The molecule has 1 amide bonds. The van der Waals surface area contributed by atoms with Crippen LogP contribution in [-0.2, 0) is 14.1 Å². The summed E-state index contributed by atoms with van der Waals surface area (Å²) in [5.74, 6) is -0.197. The Labute approximate surface area is 183 Å². The van der Waals surface area contributed by atoms with E-state index in [0.29, 0.717) is 16.3 Å². The molecule has 1 N–H and O–H groups in total. The van der Waals surface area contributed by atoms with E-state index in [4.69, 9.17) is 11.6 Å². The number of carbonyl (C=O) groups is 1. The van der Waals surface area contributed by atoms with Gasteiger partial charge in [0, 0.05) is 34.5 Å². The van der Waals surface area contributed by atoms with Gasteiger partial charge in [-0.25, -0.2) is 4.79 Å². The van der Waals surface area contributed by atoms with E-state index in [1.807, 2.05) is 61.5 Å². The number of hydrogen-bond donors (Lipinski definition) is 1. The zero-order valence-electron chi connectivity index (χ0n) is 16.8. The van der Waals surface area contributed by atoms with Crippen molar-refractivity contribution >= 4 is 46.0 Å². The Balaban J connectivity index is 1.80. The van der Waals surface area contributed by atoms with Crippen molar-refractivity contribution in [1.29, 1.82) is 0 Å². The van der Waals surface area contributed by atoms with Crippen LogP contribution in [0.15, 0.2) is 75.2 Å². The maximum absolute atomic E-state index is 12.9. The lowest BCUT2D eigenvalue weighted by atomic mass is 10.1. The maximum Gasteiger partial charge on any atom is 0.328 e. The highest BCUT2D eigenvalue weighted by atomic mass is 35.5. The molecule has 0 aliphatic heterocycles. The molecule has 4 rings (SSSR count). The minimum Gasteiger partial charge on any atom is -0.321 e. The summed E-state index contributed by atoms with van der Waals surface area (Å²) in [6.45, 7) is 1.95. The van der Waals surface area contributed by atoms with E-state index < -0.39 is 0 Å². The molecule has 5 nitrogen and oxygen atoms in total. The van der Waals surface area contributed by atoms with E-state index in [-0.39, 0.29) is 11.6 Å². The summed E-state index contributed by atoms with van der Waals surface area (Å²) in [7, 11) is 3.47. The molecule has 0 saturated heterocycles. The fourth-order valence-corrected chi connectivity index (χ4v) is 4.36. The summed E-state index contributed by atoms with van der Waals surface area (Å²) >= 11 is 7.51. The van der Waals surface area contributed by atoms with Crippen LogP contribution in [0.1, 0.15) is 15.9 Å². The van der Waals surface area contributed by atoms with Gasteiger partial charge in [-0.15, -0.1) is 0 Å². The number of aromatic nitrogens is 2. The molecule has 0 aliphatic rings. The number of carbonyl (C=O) groups excluding carboxylic acids is 1. The Morgan fingerprint density at radius 3 is 2.30 bits per heavy atom. The molecule has 0 atom stereocenters. The van der Waals surface area contributed by atoms with Crippen molar-refractivity contribution in [1.82, 2.24) is 9.13 Å². The van der Waals surface area contributed by atoms with Crippen molar-refractivity contribution in [3.05, 3.63) is 87.3 Å². The van der Waals surface area contributed by atoms with Crippen LogP contribution in [0, 0.1) is 6.92 Å². The molecule has 0 fully saturated rings. The molecule has 0 saturated carbocycles. The molecule has 0 spiro atoms. The van der Waals surface area contributed by atoms with Gasteiger partial charge in [0.25, 0.3) is 5.91 Å². The standard InChI is InChI=1S/C23H20ClN3O2S/c1-14-5-4-6-15(11-14)22(28)25-18-12-19-20(27(3)23(29)26(19)2)13-21(18)30-17-9-7-16(24)8-10-17/h4-13H,1-3H3,(H,25,28). The number of rotatable bonds is 4. The zero-order valence-corrected chi connectivity index (χ0v) is 18.3. The number of amides is 1. The van der Waals surface area contributed by atoms with Gasteiger partial charge >= 0.3 is 5.69 Å². The third-order valence-corrected chi connectivity index (χ3v) is 6.26. The Hall–Kier alpha value is -2.96. The molecule has 3 aromatic carbocycles. The summed E-state index contributed by atoms with van der Waals surface area (Å²) in [6.07, 6.45) is 0. The molecule has 0 unspecified atom stereocenters. The van der Waals surface area contributed by atoms with Gasteiger partial charge < -0.3 is 5.32 Å². The molecule has 152 valence electrons. The molecule has 7 heteroatoms. The second-order valence-corrected chi connectivity index (χ2v) is 8.67. The number of aryl methyl sites for hydroxylation is 3. The van der Waals surface area contributed by atoms with Gasteiger partial charge in [-0.3, -0.25) is 13.9 Å². The topological polar surface area (TPSA) is 56.0 Å². The predicted octanol–water partition coefficient (Wildman–Crippen LogP) is 5.24. The quantitative estimate of drug-likeness (QED) is 0.475. The highest BCUT2D eigenvalue weighted by Gasteiger charge is 2.16. The molecule has 0 bridgehead atoms. The van der Waals surface area contributed by atoms with E-state index in [1.165, 1.54) is 11.8 Å². The molecule has 0 aliphatic carbocycles. The second-order valence-electron chi connectivity index (χ2n) is 7.12. The van der Waals surface area contributed by atoms with Crippen LogP contribution in [0.4, 0.5) is 5.69 Å². The highest BCUT2D eigenvalue weighted by Crippen LogP contribution is 2.37. The number of anilines is 1. The van der Waals surface area contributed by atoms with Crippen molar-refractivity contribution in [2.45, 2.75) is 16.7 Å². The molecular weight excluding hydrogens is 418 g/mol. The van der Waals surface area contributed by atoms with Crippen LogP contribution in [0.25, 0.3) is 11.0 Å². The van der Waals surface area contributed by atoms with Gasteiger partial charge in [-0.05, 0) is 55.5 Å². The van der Waals surface area contributed by atoms with Gasteiger partial charge in [-0.2, -0.15) is 0 Å². The SMILES string of the molecule is Cc1cccc(C(=O)Nc2cc3c(cc2Sc2ccc(Cl)cc2)n(C)c(=O)n3C)c1. The average molecular weight is 438 g/mol. The van der Waals surface area contributed by atoms with Crippen molar-refractivity contribution in [3.8, 4) is 0 Å². The van der Waals surface area contributed by atoms with E-state index in [1.54, 1.807) is 29.3 Å². The van der Waals surface area contributed by atoms with Crippen LogP contribution < -0.4 is 11.0 Å². The first kappa shape index (κ1) is 20.3. The third-order valence-electron chi connectivity index (χ3n) is 4.94. The minimum absolute atomic E-state index is 0.116. The number of benzene rings is 3. The van der Waals surface area contributed by atoms with Crippen molar-refractivity contribution in [2.24, 2.45) is 14.1 Å². The second kappa shape index (κ2) is 8.05. The van der Waals surface area contributed by atoms with Crippen molar-refractivity contribution in [3.63, 3.8) is 0 Å². The summed E-state index contributed by atoms with van der Waals surface area (Å²) < 4.78 is 3.18. The summed E-state index contributed by atoms with van der Waals surface area (Å²) in [5.41, 5.74) is 3.68. The smallest absolute Gasteiger partial charge is 0.321 e. The van der Waals surface area contributed by atoms with Crippen LogP contribution in [0.3, 0.4) is 0 Å². The van der Waals surface area contributed by atoms with Gasteiger partial charge in [-0.1, -0.05) is 41.1 Å². The maximum atomic E-state index is 12.9. The average Bonchev–Trinajstić information content (AvgIpc) is 2.93. The number of nitrogens with one attached hydrogen (secondary N) is 1. The summed E-state index contributed by atoms with van der Waals surface area (Å²) in [6, 6.07) is 18.7. The van der Waals surface area contributed by atoms with E-state index in [2.05, 4.69) is 5.32 Å². The first-order valence-electron chi connectivity index (χ1n) is 9.34. The lowest BCUT2D eigenvalue weighted by molar-refractivity contribution is 0.102. The number of hydrogen-bond acceptors (Lipinski definition) is 3. The number of halogens is 1. The number of fused-ring (bicyclic) bond motifs is 1. The van der Waals surface area contributed by atoms with Crippen LogP contribution >= 0.6 is 23.4 Å².